The van der Waals surface area contributed by atoms with E-state index in [1.165, 1.54) is 5.57 Å². The molecule has 14 heavy (non-hydrogen) atoms. The van der Waals surface area contributed by atoms with Gasteiger partial charge in [0.25, 0.3) is 0 Å². The molecule has 0 aliphatic carbocycles. The van der Waals surface area contributed by atoms with Crippen LogP contribution >= 0.6 is 0 Å². The van der Waals surface area contributed by atoms with Gasteiger partial charge in [-0.3, -0.25) is 0 Å². The summed E-state index contributed by atoms with van der Waals surface area (Å²) in [5, 5.41) is 3.95. The molecule has 1 heterocycles. The van der Waals surface area contributed by atoms with Gasteiger partial charge in [0.1, 0.15) is 0 Å². The average molecular weight is 191 g/mol. The van der Waals surface area contributed by atoms with Gasteiger partial charge in [0.15, 0.2) is 6.10 Å². The molecule has 0 spiro atoms. The summed E-state index contributed by atoms with van der Waals surface area (Å²) >= 11 is 0. The molecule has 0 amide bonds. The Labute approximate surface area is 85.6 Å². The zero-order valence-electron chi connectivity index (χ0n) is 9.08. The van der Waals surface area contributed by atoms with E-state index in [4.69, 9.17) is 4.84 Å². The minimum atomic E-state index is 0.0733. The monoisotopic (exact) mass is 191 g/mol. The van der Waals surface area contributed by atoms with Crippen LogP contribution in [0.5, 0.6) is 0 Å². The Morgan fingerprint density at radius 2 is 2.36 bits per heavy atom. The van der Waals surface area contributed by atoms with E-state index in [0.29, 0.717) is 0 Å². The first kappa shape index (κ1) is 10.8. The molecule has 2 nitrogen and oxygen atoms in total. The number of hydrogen-bond donors (Lipinski definition) is 0. The summed E-state index contributed by atoms with van der Waals surface area (Å²) < 4.78 is 0. The molecule has 76 valence electrons. The smallest absolute Gasteiger partial charge is 0.158 e. The van der Waals surface area contributed by atoms with E-state index in [9.17, 15) is 0 Å². The predicted octanol–water partition coefficient (Wildman–Crippen LogP) is 3.23. The first-order chi connectivity index (χ1) is 6.69. The summed E-state index contributed by atoms with van der Waals surface area (Å²) in [6.45, 7) is 9.79. The Morgan fingerprint density at radius 3 is 2.79 bits per heavy atom. The van der Waals surface area contributed by atoms with E-state index >= 15 is 0 Å². The topological polar surface area (TPSA) is 21.6 Å². The van der Waals surface area contributed by atoms with Gasteiger partial charge in [-0.1, -0.05) is 30.0 Å². The van der Waals surface area contributed by atoms with Gasteiger partial charge >= 0.3 is 0 Å². The molecule has 1 atom stereocenters. The lowest BCUT2D eigenvalue weighted by Gasteiger charge is -2.11. The molecule has 0 aromatic carbocycles. The van der Waals surface area contributed by atoms with Crippen LogP contribution in [0, 0.1) is 0 Å². The normalized spacial score (nSPS) is 23.1. The summed E-state index contributed by atoms with van der Waals surface area (Å²) in [6.07, 6.45) is 6.89. The standard InChI is InChI=1S/C12H17NO/c1-5-7-11(9(3)6-2)12-8-10(4)13-14-12/h5-7,12H,2,8H2,1,3-4H3/b7-5-,11-9+. The molecule has 0 aromatic heterocycles. The lowest BCUT2D eigenvalue weighted by Crippen LogP contribution is -2.10. The highest BCUT2D eigenvalue weighted by Gasteiger charge is 2.21. The van der Waals surface area contributed by atoms with Crippen LogP contribution in [0.2, 0.25) is 0 Å². The van der Waals surface area contributed by atoms with Crippen molar-refractivity contribution in [2.24, 2.45) is 5.16 Å². The molecule has 0 radical (unpaired) electrons. The maximum Gasteiger partial charge on any atom is 0.158 e. The van der Waals surface area contributed by atoms with Crippen LogP contribution < -0.4 is 0 Å². The Kier molecular flexibility index (Phi) is 3.69. The molecule has 0 N–H and O–H groups in total. The number of oxime groups is 1. The molecule has 0 fully saturated rings. The van der Waals surface area contributed by atoms with Crippen LogP contribution in [0.4, 0.5) is 0 Å². The third-order valence-electron chi connectivity index (χ3n) is 2.27. The second kappa shape index (κ2) is 4.80. The van der Waals surface area contributed by atoms with Crippen molar-refractivity contribution >= 4 is 5.71 Å². The van der Waals surface area contributed by atoms with Crippen LogP contribution in [0.15, 0.2) is 41.1 Å². The SMILES string of the molecule is C=C/C(C)=C(\C=C/C)C1CC(C)=NO1. The highest BCUT2D eigenvalue weighted by molar-refractivity contribution is 5.83. The third kappa shape index (κ3) is 2.34. The van der Waals surface area contributed by atoms with Gasteiger partial charge in [-0.05, 0) is 31.9 Å². The molecule has 1 unspecified atom stereocenters. The number of allylic oxidation sites excluding steroid dienone is 3. The lowest BCUT2D eigenvalue weighted by atomic mass is 9.99. The van der Waals surface area contributed by atoms with Crippen molar-refractivity contribution in [1.29, 1.82) is 0 Å². The molecular weight excluding hydrogens is 174 g/mol. The van der Waals surface area contributed by atoms with Crippen LogP contribution in [-0.4, -0.2) is 11.8 Å². The molecule has 0 saturated carbocycles. The van der Waals surface area contributed by atoms with E-state index in [1.54, 1.807) is 0 Å². The third-order valence-corrected chi connectivity index (χ3v) is 2.27. The summed E-state index contributed by atoms with van der Waals surface area (Å²) in [4.78, 5) is 5.33. The second-order valence-electron chi connectivity index (χ2n) is 3.47. The fourth-order valence-electron chi connectivity index (χ4n) is 1.45. The maximum absolute atomic E-state index is 5.33. The van der Waals surface area contributed by atoms with Crippen LogP contribution in [0.1, 0.15) is 27.2 Å². The van der Waals surface area contributed by atoms with Crippen molar-refractivity contribution in [2.75, 3.05) is 0 Å². The number of nitrogens with zero attached hydrogens (tertiary/aromatic N) is 1. The summed E-state index contributed by atoms with van der Waals surface area (Å²) in [6, 6.07) is 0. The van der Waals surface area contributed by atoms with Crippen molar-refractivity contribution in [3.05, 3.63) is 36.0 Å². The fourth-order valence-corrected chi connectivity index (χ4v) is 1.45. The van der Waals surface area contributed by atoms with Crippen LogP contribution in [-0.2, 0) is 4.84 Å². The first-order valence-corrected chi connectivity index (χ1v) is 4.84. The van der Waals surface area contributed by atoms with Crippen molar-refractivity contribution in [2.45, 2.75) is 33.3 Å². The molecule has 1 aliphatic rings. The summed E-state index contributed by atoms with van der Waals surface area (Å²) in [5.41, 5.74) is 3.37. The van der Waals surface area contributed by atoms with Crippen molar-refractivity contribution in [3.63, 3.8) is 0 Å². The molecular formula is C12H17NO. The van der Waals surface area contributed by atoms with Crippen LogP contribution in [0.3, 0.4) is 0 Å². The fraction of sp³-hybridized carbons (Fsp3) is 0.417. The zero-order valence-corrected chi connectivity index (χ0v) is 9.08. The highest BCUT2D eigenvalue weighted by Crippen LogP contribution is 2.22. The van der Waals surface area contributed by atoms with Crippen molar-refractivity contribution < 1.29 is 4.84 Å². The van der Waals surface area contributed by atoms with Crippen LogP contribution in [0.25, 0.3) is 0 Å². The lowest BCUT2D eigenvalue weighted by molar-refractivity contribution is 0.113. The Hall–Kier alpha value is -1.31. The molecule has 0 aromatic rings. The zero-order chi connectivity index (χ0) is 10.6. The molecule has 0 saturated heterocycles. The summed E-state index contributed by atoms with van der Waals surface area (Å²) in [7, 11) is 0. The summed E-state index contributed by atoms with van der Waals surface area (Å²) in [5.74, 6) is 0. The van der Waals surface area contributed by atoms with E-state index in [-0.39, 0.29) is 6.10 Å². The largest absolute Gasteiger partial charge is 0.387 e. The Balaban J connectivity index is 2.86. The van der Waals surface area contributed by atoms with Gasteiger partial charge in [0.2, 0.25) is 0 Å². The minimum Gasteiger partial charge on any atom is -0.387 e. The van der Waals surface area contributed by atoms with Gasteiger partial charge < -0.3 is 4.84 Å². The van der Waals surface area contributed by atoms with E-state index in [1.807, 2.05) is 32.9 Å². The maximum atomic E-state index is 5.33. The first-order valence-electron chi connectivity index (χ1n) is 4.84. The predicted molar refractivity (Wildman–Crippen MR) is 60.3 cm³/mol. The van der Waals surface area contributed by atoms with Gasteiger partial charge in [0.05, 0.1) is 5.71 Å². The Bertz CT molecular complexity index is 310. The Morgan fingerprint density at radius 1 is 1.64 bits per heavy atom. The average Bonchev–Trinajstić information content (AvgIpc) is 2.60. The van der Waals surface area contributed by atoms with Gasteiger partial charge in [-0.15, -0.1) is 0 Å². The quantitative estimate of drug-likeness (QED) is 0.627. The van der Waals surface area contributed by atoms with Gasteiger partial charge in [-0.25, -0.2) is 0 Å². The van der Waals surface area contributed by atoms with Gasteiger partial charge in [0, 0.05) is 6.42 Å². The molecule has 2 heteroatoms. The molecule has 1 aliphatic heterocycles. The second-order valence-corrected chi connectivity index (χ2v) is 3.47. The minimum absolute atomic E-state index is 0.0733. The molecule has 0 bridgehead atoms. The van der Waals surface area contributed by atoms with E-state index < -0.39 is 0 Å². The van der Waals surface area contributed by atoms with Crippen molar-refractivity contribution in [1.82, 2.24) is 0 Å². The molecule has 1 rings (SSSR count). The highest BCUT2D eigenvalue weighted by atomic mass is 16.6. The van der Waals surface area contributed by atoms with E-state index in [0.717, 1.165) is 17.7 Å². The number of hydrogen-bond acceptors (Lipinski definition) is 2. The number of rotatable bonds is 3. The van der Waals surface area contributed by atoms with Gasteiger partial charge in [-0.2, -0.15) is 0 Å². The van der Waals surface area contributed by atoms with Crippen molar-refractivity contribution in [3.8, 4) is 0 Å². The van der Waals surface area contributed by atoms with E-state index in [2.05, 4.69) is 17.8 Å².